The first-order valence-corrected chi connectivity index (χ1v) is 9.09. The van der Waals surface area contributed by atoms with Crippen molar-refractivity contribution in [2.45, 2.75) is 49.7 Å². The predicted molar refractivity (Wildman–Crippen MR) is 96.1 cm³/mol. The smallest absolute Gasteiger partial charge is 0.340 e. The summed E-state index contributed by atoms with van der Waals surface area (Å²) < 4.78 is 27.4. The van der Waals surface area contributed by atoms with Crippen molar-refractivity contribution in [1.29, 1.82) is 0 Å². The lowest BCUT2D eigenvalue weighted by molar-refractivity contribution is -0.167. The Morgan fingerprint density at radius 2 is 2.08 bits per heavy atom. The highest BCUT2D eigenvalue weighted by molar-refractivity contribution is 7.80. The van der Waals surface area contributed by atoms with E-state index in [2.05, 4.69) is 10.6 Å². The number of aliphatic carboxylic acids is 1. The zero-order chi connectivity index (χ0) is 18.9. The van der Waals surface area contributed by atoms with Gasteiger partial charge >= 0.3 is 5.97 Å². The molecular formula is C18H22F2N2O3S. The van der Waals surface area contributed by atoms with Crippen molar-refractivity contribution in [3.8, 4) is 0 Å². The number of alkyl halides is 2. The van der Waals surface area contributed by atoms with Crippen LogP contribution in [0.4, 0.5) is 8.78 Å². The Kier molecular flexibility index (Phi) is 5.16. The number of halogens is 2. The number of rotatable bonds is 5. The highest BCUT2D eigenvalue weighted by Gasteiger charge is 2.54. The third-order valence-electron chi connectivity index (χ3n) is 5.33. The third-order valence-corrected chi connectivity index (χ3v) is 5.59. The van der Waals surface area contributed by atoms with Gasteiger partial charge in [-0.3, -0.25) is 0 Å². The van der Waals surface area contributed by atoms with E-state index in [1.54, 1.807) is 18.2 Å². The quantitative estimate of drug-likeness (QED) is 0.583. The normalized spacial score (nSPS) is 27.3. The molecule has 0 radical (unpaired) electrons. The van der Waals surface area contributed by atoms with Crippen LogP contribution in [0.25, 0.3) is 0 Å². The first kappa shape index (κ1) is 19.0. The fourth-order valence-corrected chi connectivity index (χ4v) is 4.24. The van der Waals surface area contributed by atoms with E-state index in [0.717, 1.165) is 6.42 Å². The zero-order valence-electron chi connectivity index (χ0n) is 14.2. The van der Waals surface area contributed by atoms with Gasteiger partial charge in [0.25, 0.3) is 0 Å². The van der Waals surface area contributed by atoms with Gasteiger partial charge in [-0.05, 0) is 42.6 Å². The van der Waals surface area contributed by atoms with Crippen molar-refractivity contribution < 1.29 is 23.8 Å². The summed E-state index contributed by atoms with van der Waals surface area (Å²) in [4.78, 5) is 12.0. The van der Waals surface area contributed by atoms with Crippen LogP contribution >= 0.6 is 12.2 Å². The highest BCUT2D eigenvalue weighted by Crippen LogP contribution is 2.48. The SMILES string of the molecule is O=C(O)[C@](O)(c1ccccc1C[C@H]1CCNC(=S)N1)[C@@H]1CCC(F)(F)C1. The molecule has 26 heavy (non-hydrogen) atoms. The molecule has 3 rings (SSSR count). The second kappa shape index (κ2) is 7.08. The molecule has 1 aliphatic carbocycles. The van der Waals surface area contributed by atoms with Gasteiger partial charge in [0.05, 0.1) is 0 Å². The van der Waals surface area contributed by atoms with Crippen molar-refractivity contribution in [3.05, 3.63) is 35.4 Å². The fourth-order valence-electron chi connectivity index (χ4n) is 3.97. The van der Waals surface area contributed by atoms with Crippen LogP contribution in [-0.2, 0) is 16.8 Å². The number of carbonyl (C=O) groups is 1. The summed E-state index contributed by atoms with van der Waals surface area (Å²) in [6, 6.07) is 6.64. The summed E-state index contributed by atoms with van der Waals surface area (Å²) in [6.07, 6.45) is 0.178. The van der Waals surface area contributed by atoms with Crippen LogP contribution in [0.3, 0.4) is 0 Å². The van der Waals surface area contributed by atoms with Crippen molar-refractivity contribution in [2.75, 3.05) is 6.54 Å². The Labute approximate surface area is 155 Å². The fraction of sp³-hybridized carbons (Fsp3) is 0.556. The molecule has 3 atom stereocenters. The number of aliphatic hydroxyl groups is 1. The van der Waals surface area contributed by atoms with Gasteiger partial charge in [-0.2, -0.15) is 0 Å². The van der Waals surface area contributed by atoms with Gasteiger partial charge in [0.2, 0.25) is 5.92 Å². The first-order valence-electron chi connectivity index (χ1n) is 8.69. The van der Waals surface area contributed by atoms with Crippen LogP contribution in [0.15, 0.2) is 24.3 Å². The molecule has 2 aliphatic rings. The lowest BCUT2D eigenvalue weighted by Crippen LogP contribution is -2.50. The zero-order valence-corrected chi connectivity index (χ0v) is 15.0. The summed E-state index contributed by atoms with van der Waals surface area (Å²) in [5, 5.41) is 27.5. The lowest BCUT2D eigenvalue weighted by atomic mass is 9.77. The molecule has 0 aromatic heterocycles. The highest BCUT2D eigenvalue weighted by atomic mass is 32.1. The molecule has 1 aliphatic heterocycles. The van der Waals surface area contributed by atoms with Gasteiger partial charge in [0, 0.05) is 31.3 Å². The molecule has 1 aromatic carbocycles. The number of hydrogen-bond donors (Lipinski definition) is 4. The van der Waals surface area contributed by atoms with E-state index in [1.807, 2.05) is 0 Å². The Morgan fingerprint density at radius 3 is 2.69 bits per heavy atom. The molecule has 5 nitrogen and oxygen atoms in total. The Bertz CT molecular complexity index is 715. The topological polar surface area (TPSA) is 81.6 Å². The molecule has 4 N–H and O–H groups in total. The van der Waals surface area contributed by atoms with Crippen LogP contribution < -0.4 is 10.6 Å². The number of carboxylic acids is 1. The Hall–Kier alpha value is -1.80. The summed E-state index contributed by atoms with van der Waals surface area (Å²) in [7, 11) is 0. The van der Waals surface area contributed by atoms with Gasteiger partial charge in [-0.1, -0.05) is 24.3 Å². The maximum Gasteiger partial charge on any atom is 0.340 e. The minimum atomic E-state index is -2.94. The molecule has 0 spiro atoms. The minimum Gasteiger partial charge on any atom is -0.479 e. The van der Waals surface area contributed by atoms with Gasteiger partial charge in [0.1, 0.15) is 0 Å². The summed E-state index contributed by atoms with van der Waals surface area (Å²) >= 11 is 5.11. The third kappa shape index (κ3) is 3.66. The second-order valence-corrected chi connectivity index (χ2v) is 7.52. The van der Waals surface area contributed by atoms with Crippen LogP contribution in [0.2, 0.25) is 0 Å². The molecule has 1 heterocycles. The van der Waals surface area contributed by atoms with Crippen LogP contribution in [0.5, 0.6) is 0 Å². The van der Waals surface area contributed by atoms with Gasteiger partial charge < -0.3 is 20.8 Å². The van der Waals surface area contributed by atoms with E-state index in [4.69, 9.17) is 12.2 Å². The average molecular weight is 384 g/mol. The average Bonchev–Trinajstić information content (AvgIpc) is 2.95. The minimum absolute atomic E-state index is 0.00651. The van der Waals surface area contributed by atoms with E-state index in [-0.39, 0.29) is 18.0 Å². The van der Waals surface area contributed by atoms with Gasteiger partial charge in [0.15, 0.2) is 10.7 Å². The van der Waals surface area contributed by atoms with Gasteiger partial charge in [-0.25, -0.2) is 13.6 Å². The molecule has 8 heteroatoms. The van der Waals surface area contributed by atoms with Crippen molar-refractivity contribution >= 4 is 23.3 Å². The van der Waals surface area contributed by atoms with Crippen LogP contribution in [0.1, 0.15) is 36.8 Å². The van der Waals surface area contributed by atoms with E-state index in [0.29, 0.717) is 23.6 Å². The Morgan fingerprint density at radius 1 is 1.35 bits per heavy atom. The molecule has 0 amide bonds. The second-order valence-electron chi connectivity index (χ2n) is 7.11. The maximum absolute atomic E-state index is 13.7. The summed E-state index contributed by atoms with van der Waals surface area (Å²) in [5.74, 6) is -5.45. The largest absolute Gasteiger partial charge is 0.479 e. The van der Waals surface area contributed by atoms with E-state index in [1.165, 1.54) is 6.07 Å². The van der Waals surface area contributed by atoms with Crippen LogP contribution in [-0.4, -0.2) is 39.8 Å². The molecule has 0 bridgehead atoms. The maximum atomic E-state index is 13.7. The molecule has 142 valence electrons. The van der Waals surface area contributed by atoms with Crippen molar-refractivity contribution in [2.24, 2.45) is 5.92 Å². The van der Waals surface area contributed by atoms with E-state index >= 15 is 0 Å². The monoisotopic (exact) mass is 384 g/mol. The first-order chi connectivity index (χ1) is 12.2. The molecule has 2 fully saturated rings. The molecule has 1 aromatic rings. The number of thiocarbonyl (C=S) groups is 1. The van der Waals surface area contributed by atoms with Crippen molar-refractivity contribution in [3.63, 3.8) is 0 Å². The molecule has 1 saturated carbocycles. The molecular weight excluding hydrogens is 362 g/mol. The van der Waals surface area contributed by atoms with Gasteiger partial charge in [-0.15, -0.1) is 0 Å². The molecule has 0 unspecified atom stereocenters. The summed E-state index contributed by atoms with van der Waals surface area (Å²) in [5.41, 5.74) is -1.50. The predicted octanol–water partition coefficient (Wildman–Crippen LogP) is 2.17. The summed E-state index contributed by atoms with van der Waals surface area (Å²) in [6.45, 7) is 0.705. The number of carboxylic acid groups (broad SMARTS) is 1. The number of hydrogen-bond acceptors (Lipinski definition) is 3. The Balaban J connectivity index is 1.93. The number of benzene rings is 1. The van der Waals surface area contributed by atoms with E-state index in [9.17, 15) is 23.8 Å². The number of nitrogens with one attached hydrogen (secondary N) is 2. The lowest BCUT2D eigenvalue weighted by Gasteiger charge is -2.33. The molecule has 1 saturated heterocycles. The van der Waals surface area contributed by atoms with Crippen molar-refractivity contribution in [1.82, 2.24) is 10.6 Å². The van der Waals surface area contributed by atoms with E-state index < -0.39 is 36.3 Å². The van der Waals surface area contributed by atoms with Crippen LogP contribution in [0, 0.1) is 5.92 Å². The standard InChI is InChI=1S/C18H22F2N2O3S/c19-17(20)7-5-12(10-17)18(25,15(23)24)14-4-2-1-3-11(14)9-13-6-8-21-16(26)22-13/h1-4,12-13,25H,5-10H2,(H,23,24)(H2,21,22,26)/t12-,13-,18-/m1/s1.